The highest BCUT2D eigenvalue weighted by atomic mass is 35.5. The second-order valence-corrected chi connectivity index (χ2v) is 7.10. The highest BCUT2D eigenvalue weighted by Crippen LogP contribution is 2.31. The van der Waals surface area contributed by atoms with Crippen molar-refractivity contribution >= 4 is 45.0 Å². The van der Waals surface area contributed by atoms with Crippen molar-refractivity contribution in [3.8, 4) is 5.75 Å². The third-order valence-corrected chi connectivity index (χ3v) is 5.21. The van der Waals surface area contributed by atoms with Crippen LogP contribution >= 0.6 is 23.2 Å². The third-order valence-electron chi connectivity index (χ3n) is 4.36. The molecule has 4 rings (SSSR count). The van der Waals surface area contributed by atoms with E-state index < -0.39 is 34.6 Å². The van der Waals surface area contributed by atoms with Gasteiger partial charge in [-0.15, -0.1) is 0 Å². The van der Waals surface area contributed by atoms with Gasteiger partial charge in [-0.05, 0) is 26.0 Å². The molecule has 30 heavy (non-hydrogen) atoms. The fourth-order valence-electron chi connectivity index (χ4n) is 2.73. The predicted octanol–water partition coefficient (Wildman–Crippen LogP) is 5.95. The Labute approximate surface area is 176 Å². The Morgan fingerprint density at radius 2 is 1.47 bits per heavy atom. The summed E-state index contributed by atoms with van der Waals surface area (Å²) in [5.41, 5.74) is -0.254. The summed E-state index contributed by atoms with van der Waals surface area (Å²) in [4.78, 5) is 17.3. The largest absolute Gasteiger partial charge is 0.507 e. The quantitative estimate of drug-likeness (QED) is 0.252. The van der Waals surface area contributed by atoms with Crippen molar-refractivity contribution in [1.82, 2.24) is 9.97 Å². The van der Waals surface area contributed by atoms with Gasteiger partial charge in [0, 0.05) is 28.5 Å². The summed E-state index contributed by atoms with van der Waals surface area (Å²) >= 11 is 11.7. The maximum absolute atomic E-state index is 13.3. The first-order chi connectivity index (χ1) is 14.0. The maximum Gasteiger partial charge on any atom is 0.255 e. The van der Waals surface area contributed by atoms with E-state index in [1.54, 1.807) is 6.92 Å². The lowest BCUT2D eigenvalue weighted by molar-refractivity contribution is 0.475. The van der Waals surface area contributed by atoms with Gasteiger partial charge in [0.1, 0.15) is 33.9 Å². The summed E-state index contributed by atoms with van der Waals surface area (Å²) in [5.74, 6) is -3.56. The van der Waals surface area contributed by atoms with Crippen LogP contribution in [-0.4, -0.2) is 15.1 Å². The molecule has 0 radical (unpaired) electrons. The fraction of sp³-hybridized carbons (Fsp3) is 0.100. The van der Waals surface area contributed by atoms with Gasteiger partial charge in [-0.3, -0.25) is 4.79 Å². The molecule has 0 fully saturated rings. The molecule has 0 atom stereocenters. The summed E-state index contributed by atoms with van der Waals surface area (Å²) in [6, 6.07) is 3.50. The van der Waals surface area contributed by atoms with Gasteiger partial charge in [0.15, 0.2) is 5.82 Å². The van der Waals surface area contributed by atoms with E-state index in [-0.39, 0.29) is 37.5 Å². The Kier molecular flexibility index (Phi) is 5.92. The van der Waals surface area contributed by atoms with Crippen LogP contribution < -0.4 is 5.56 Å². The number of hydrogen-bond donors (Lipinski definition) is 2. The number of rotatable bonds is 0. The van der Waals surface area contributed by atoms with Crippen molar-refractivity contribution < 1.29 is 22.7 Å². The molecule has 4 aromatic rings. The van der Waals surface area contributed by atoms with E-state index in [0.717, 1.165) is 18.2 Å². The zero-order valence-electron chi connectivity index (χ0n) is 15.4. The Balaban J connectivity index is 0.000000171. The number of benzene rings is 2. The molecule has 0 saturated carbocycles. The molecule has 0 saturated heterocycles. The van der Waals surface area contributed by atoms with E-state index >= 15 is 0 Å². The summed E-state index contributed by atoms with van der Waals surface area (Å²) in [6.45, 7) is 3.01. The zero-order valence-corrected chi connectivity index (χ0v) is 16.9. The smallest absolute Gasteiger partial charge is 0.255 e. The lowest BCUT2D eigenvalue weighted by atomic mass is 10.1. The van der Waals surface area contributed by atoms with Crippen LogP contribution in [0.3, 0.4) is 0 Å². The van der Waals surface area contributed by atoms with Gasteiger partial charge in [-0.25, -0.2) is 22.5 Å². The van der Waals surface area contributed by atoms with Crippen molar-refractivity contribution in [2.75, 3.05) is 0 Å². The first-order valence-corrected chi connectivity index (χ1v) is 9.07. The highest BCUT2D eigenvalue weighted by molar-refractivity contribution is 6.39. The predicted molar refractivity (Wildman–Crippen MR) is 107 cm³/mol. The average Bonchev–Trinajstić information content (AvgIpc) is 2.67. The minimum Gasteiger partial charge on any atom is -0.507 e. The molecule has 156 valence electrons. The van der Waals surface area contributed by atoms with Gasteiger partial charge >= 0.3 is 0 Å². The monoisotopic (exact) mass is 458 g/mol. The molecule has 0 aliphatic heterocycles. The Bertz CT molecular complexity index is 1370. The molecule has 2 aromatic carbocycles. The van der Waals surface area contributed by atoms with Crippen molar-refractivity contribution in [3.05, 3.63) is 79.2 Å². The second kappa shape index (κ2) is 8.12. The van der Waals surface area contributed by atoms with E-state index in [4.69, 9.17) is 23.2 Å². The molecule has 0 amide bonds. The van der Waals surface area contributed by atoms with E-state index in [1.807, 2.05) is 0 Å². The fourth-order valence-corrected chi connectivity index (χ4v) is 3.19. The average molecular weight is 459 g/mol. The van der Waals surface area contributed by atoms with Crippen molar-refractivity contribution in [2.45, 2.75) is 13.8 Å². The van der Waals surface area contributed by atoms with Crippen molar-refractivity contribution in [3.63, 3.8) is 0 Å². The normalized spacial score (nSPS) is 10.9. The molecule has 0 spiro atoms. The number of nitrogens with zero attached hydrogens (tertiary/aromatic N) is 1. The number of aromatic nitrogens is 2. The lowest BCUT2D eigenvalue weighted by Gasteiger charge is -2.06. The molecule has 2 heterocycles. The summed E-state index contributed by atoms with van der Waals surface area (Å²) < 4.78 is 52.4. The van der Waals surface area contributed by atoms with E-state index in [0.29, 0.717) is 11.6 Å². The van der Waals surface area contributed by atoms with Crippen LogP contribution in [0.25, 0.3) is 21.8 Å². The number of fused-ring (bicyclic) bond motifs is 2. The SMILES string of the molecule is Cc1c(Cl)nc2c(F)cc(F)cc2c1Cl.Cc1c(O)c2cc(F)cc(F)c2[nH]c1=O. The van der Waals surface area contributed by atoms with Crippen molar-refractivity contribution in [1.29, 1.82) is 0 Å². The molecular weight excluding hydrogens is 447 g/mol. The zero-order chi connectivity index (χ0) is 22.3. The molecule has 2 aromatic heterocycles. The van der Waals surface area contributed by atoms with E-state index in [1.165, 1.54) is 6.92 Å². The van der Waals surface area contributed by atoms with Crippen LogP contribution in [0.15, 0.2) is 29.1 Å². The molecule has 0 unspecified atom stereocenters. The number of nitrogens with one attached hydrogen (secondary N) is 1. The molecular formula is C20H12Cl2F4N2O2. The van der Waals surface area contributed by atoms with Gasteiger partial charge < -0.3 is 10.1 Å². The van der Waals surface area contributed by atoms with Gasteiger partial charge in [0.2, 0.25) is 0 Å². The van der Waals surface area contributed by atoms with Gasteiger partial charge in [-0.2, -0.15) is 0 Å². The minimum atomic E-state index is -0.905. The standard InChI is InChI=1S/C10H5Cl2F2N.C10H7F2NO2/c1-4-8(11)6-2-5(13)3-7(14)9(6)15-10(4)12;1-4-9(14)6-2-5(11)3-7(12)8(6)13-10(4)15/h2-3H,1H3;2-3H,1H3,(H2,13,14,15). The molecule has 0 aliphatic rings. The topological polar surface area (TPSA) is 66.0 Å². The Morgan fingerprint density at radius 1 is 0.900 bits per heavy atom. The lowest BCUT2D eigenvalue weighted by Crippen LogP contribution is -2.10. The van der Waals surface area contributed by atoms with Crippen LogP contribution in [0, 0.1) is 37.1 Å². The molecule has 0 aliphatic carbocycles. The van der Waals surface area contributed by atoms with Crippen LogP contribution in [0.4, 0.5) is 17.6 Å². The summed E-state index contributed by atoms with van der Waals surface area (Å²) in [6.07, 6.45) is 0. The molecule has 4 nitrogen and oxygen atoms in total. The molecule has 0 bridgehead atoms. The Morgan fingerprint density at radius 3 is 2.10 bits per heavy atom. The van der Waals surface area contributed by atoms with Crippen molar-refractivity contribution in [2.24, 2.45) is 0 Å². The molecule has 10 heteroatoms. The number of aromatic amines is 1. The van der Waals surface area contributed by atoms with Crippen LogP contribution in [0.2, 0.25) is 10.2 Å². The number of H-pyrrole nitrogens is 1. The molecule has 2 N–H and O–H groups in total. The van der Waals surface area contributed by atoms with Gasteiger partial charge in [0.25, 0.3) is 5.56 Å². The number of aromatic hydroxyl groups is 1. The Hall–Kier alpha value is -2.84. The number of halogens is 6. The highest BCUT2D eigenvalue weighted by Gasteiger charge is 2.14. The summed E-state index contributed by atoms with van der Waals surface area (Å²) in [7, 11) is 0. The first kappa shape index (κ1) is 21.9. The van der Waals surface area contributed by atoms with Gasteiger partial charge in [-0.1, -0.05) is 23.2 Å². The van der Waals surface area contributed by atoms with E-state index in [2.05, 4.69) is 9.97 Å². The van der Waals surface area contributed by atoms with Gasteiger partial charge in [0.05, 0.1) is 16.1 Å². The first-order valence-electron chi connectivity index (χ1n) is 8.32. The summed E-state index contributed by atoms with van der Waals surface area (Å²) in [5, 5.41) is 10.1. The second-order valence-electron chi connectivity index (χ2n) is 6.36. The maximum atomic E-state index is 13.3. The number of pyridine rings is 2. The third kappa shape index (κ3) is 3.93. The van der Waals surface area contributed by atoms with Crippen LogP contribution in [-0.2, 0) is 0 Å². The number of hydrogen-bond acceptors (Lipinski definition) is 3. The van der Waals surface area contributed by atoms with Crippen LogP contribution in [0.1, 0.15) is 11.1 Å². The van der Waals surface area contributed by atoms with E-state index in [9.17, 15) is 27.5 Å². The van der Waals surface area contributed by atoms with Crippen LogP contribution in [0.5, 0.6) is 5.75 Å². The minimum absolute atomic E-state index is 0.0167.